The van der Waals surface area contributed by atoms with Gasteiger partial charge in [0.15, 0.2) is 0 Å². The molecule has 0 aliphatic carbocycles. The van der Waals surface area contributed by atoms with Crippen LogP contribution in [0.3, 0.4) is 0 Å². The predicted octanol–water partition coefficient (Wildman–Crippen LogP) is 2.48. The highest BCUT2D eigenvalue weighted by Gasteiger charge is 2.19. The number of methoxy groups -OCH3 is 1. The van der Waals surface area contributed by atoms with E-state index in [0.717, 1.165) is 69.0 Å². The van der Waals surface area contributed by atoms with Crippen LogP contribution in [0.15, 0.2) is 30.5 Å². The largest absolute Gasteiger partial charge is 0.494 e. The van der Waals surface area contributed by atoms with Crippen molar-refractivity contribution in [1.82, 2.24) is 20.5 Å². The Kier molecular flexibility index (Phi) is 6.27. The third kappa shape index (κ3) is 4.71. The third-order valence-electron chi connectivity index (χ3n) is 6.12. The molecule has 0 spiro atoms. The van der Waals surface area contributed by atoms with E-state index in [4.69, 9.17) is 14.5 Å². The van der Waals surface area contributed by atoms with Crippen LogP contribution >= 0.6 is 0 Å². The normalized spacial score (nSPS) is 17.2. The van der Waals surface area contributed by atoms with Crippen molar-refractivity contribution in [2.24, 2.45) is 0 Å². The first-order valence-electron chi connectivity index (χ1n) is 11.3. The minimum Gasteiger partial charge on any atom is -0.494 e. The number of benzene rings is 1. The molecule has 0 atom stereocenters. The lowest BCUT2D eigenvalue weighted by Gasteiger charge is -2.30. The number of fused-ring (bicyclic) bond motifs is 1. The van der Waals surface area contributed by atoms with Crippen molar-refractivity contribution in [3.63, 3.8) is 0 Å². The van der Waals surface area contributed by atoms with Crippen LogP contribution in [0.25, 0.3) is 10.8 Å². The minimum absolute atomic E-state index is 0.170. The molecule has 0 amide bonds. The van der Waals surface area contributed by atoms with Crippen LogP contribution in [0.4, 0.5) is 23.0 Å². The van der Waals surface area contributed by atoms with Crippen molar-refractivity contribution in [2.45, 2.75) is 18.9 Å². The van der Waals surface area contributed by atoms with E-state index < -0.39 is 0 Å². The molecule has 5 rings (SSSR count). The molecule has 0 bridgehead atoms. The van der Waals surface area contributed by atoms with E-state index in [1.165, 1.54) is 0 Å². The number of pyridine rings is 1. The molecule has 2 aromatic heterocycles. The Morgan fingerprint density at radius 3 is 2.79 bits per heavy atom. The Balaban J connectivity index is 1.48. The summed E-state index contributed by atoms with van der Waals surface area (Å²) in [6.07, 6.45) is 3.47. The van der Waals surface area contributed by atoms with Gasteiger partial charge in [0, 0.05) is 62.6 Å². The second-order valence-electron chi connectivity index (χ2n) is 8.27. The molecule has 0 unspecified atom stereocenters. The van der Waals surface area contributed by atoms with Crippen molar-refractivity contribution in [3.8, 4) is 11.6 Å². The second kappa shape index (κ2) is 9.63. The van der Waals surface area contributed by atoms with Gasteiger partial charge in [-0.2, -0.15) is 5.10 Å². The molecule has 2 saturated heterocycles. The molecular weight excluding hydrogens is 422 g/mol. The van der Waals surface area contributed by atoms with Crippen LogP contribution in [0.1, 0.15) is 12.8 Å². The minimum atomic E-state index is -0.170. The molecule has 4 N–H and O–H groups in total. The van der Waals surface area contributed by atoms with Gasteiger partial charge < -0.3 is 35.4 Å². The summed E-state index contributed by atoms with van der Waals surface area (Å²) in [5.41, 5.74) is 1.87. The number of nitrogens with one attached hydrogen (secondary N) is 3. The Labute approximate surface area is 192 Å². The molecular formula is C23H29N7O3. The van der Waals surface area contributed by atoms with E-state index in [0.29, 0.717) is 22.8 Å². The summed E-state index contributed by atoms with van der Waals surface area (Å²) in [7, 11) is 1.65. The fourth-order valence-corrected chi connectivity index (χ4v) is 4.34. The van der Waals surface area contributed by atoms with Gasteiger partial charge in [0.25, 0.3) is 0 Å². The van der Waals surface area contributed by atoms with Gasteiger partial charge in [-0.05, 0) is 31.0 Å². The number of aromatic hydroxyl groups is 1. The fraction of sp³-hybridized carbons (Fsp3) is 0.435. The van der Waals surface area contributed by atoms with Crippen molar-refractivity contribution in [3.05, 3.63) is 30.5 Å². The molecule has 2 aliphatic heterocycles. The number of aromatic nitrogens is 3. The summed E-state index contributed by atoms with van der Waals surface area (Å²) >= 11 is 0. The number of hydrogen-bond donors (Lipinski definition) is 4. The maximum Gasteiger partial charge on any atom is 0.242 e. The van der Waals surface area contributed by atoms with Gasteiger partial charge >= 0.3 is 0 Å². The molecule has 10 heteroatoms. The number of anilines is 4. The van der Waals surface area contributed by atoms with E-state index in [-0.39, 0.29) is 11.9 Å². The van der Waals surface area contributed by atoms with Gasteiger partial charge in [-0.25, -0.2) is 4.98 Å². The van der Waals surface area contributed by atoms with Crippen LogP contribution in [0.2, 0.25) is 0 Å². The highest BCUT2D eigenvalue weighted by atomic mass is 16.5. The molecule has 174 valence electrons. The monoisotopic (exact) mass is 451 g/mol. The topological polar surface area (TPSA) is 117 Å². The molecule has 3 aromatic rings. The molecule has 10 nitrogen and oxygen atoms in total. The van der Waals surface area contributed by atoms with E-state index in [1.54, 1.807) is 13.3 Å². The van der Waals surface area contributed by atoms with Crippen LogP contribution < -0.4 is 25.6 Å². The average Bonchev–Trinajstić information content (AvgIpc) is 2.85. The highest BCUT2D eigenvalue weighted by molar-refractivity contribution is 5.98. The molecule has 33 heavy (non-hydrogen) atoms. The van der Waals surface area contributed by atoms with Gasteiger partial charge in [0.05, 0.1) is 24.4 Å². The number of ether oxygens (including phenoxy) is 2. The molecule has 2 aliphatic rings. The summed E-state index contributed by atoms with van der Waals surface area (Å²) in [5.74, 6) is 1.73. The zero-order chi connectivity index (χ0) is 22.6. The molecule has 0 radical (unpaired) electrons. The van der Waals surface area contributed by atoms with Gasteiger partial charge in [-0.1, -0.05) is 0 Å². The highest BCUT2D eigenvalue weighted by Crippen LogP contribution is 2.36. The third-order valence-corrected chi connectivity index (χ3v) is 6.12. The Bertz CT molecular complexity index is 1110. The van der Waals surface area contributed by atoms with E-state index >= 15 is 0 Å². The number of rotatable bonds is 6. The van der Waals surface area contributed by atoms with Crippen molar-refractivity contribution < 1.29 is 14.6 Å². The first kappa shape index (κ1) is 21.5. The summed E-state index contributed by atoms with van der Waals surface area (Å²) in [4.78, 5) is 7.10. The Morgan fingerprint density at radius 2 is 2.00 bits per heavy atom. The van der Waals surface area contributed by atoms with Gasteiger partial charge in [-0.15, -0.1) is 5.10 Å². The smallest absolute Gasteiger partial charge is 0.242 e. The van der Waals surface area contributed by atoms with E-state index in [9.17, 15) is 5.11 Å². The SMILES string of the molecule is COc1cc(N2CCNCC2)ccc1Nc1nc(NC2CCOCC2)cc2cnnc(O)c12. The maximum atomic E-state index is 10.4. The molecule has 0 saturated carbocycles. The van der Waals surface area contributed by atoms with Crippen LogP contribution in [-0.2, 0) is 4.74 Å². The molecule has 2 fully saturated rings. The lowest BCUT2D eigenvalue weighted by Crippen LogP contribution is -2.43. The van der Waals surface area contributed by atoms with Gasteiger partial charge in [-0.3, -0.25) is 0 Å². The first-order chi connectivity index (χ1) is 16.2. The zero-order valence-corrected chi connectivity index (χ0v) is 18.7. The Morgan fingerprint density at radius 1 is 1.18 bits per heavy atom. The quantitative estimate of drug-likeness (QED) is 0.445. The predicted molar refractivity (Wildman–Crippen MR) is 128 cm³/mol. The summed E-state index contributed by atoms with van der Waals surface area (Å²) in [6, 6.07) is 8.25. The molecule has 1 aromatic carbocycles. The summed E-state index contributed by atoms with van der Waals surface area (Å²) < 4.78 is 11.2. The van der Waals surface area contributed by atoms with E-state index in [2.05, 4.69) is 37.1 Å². The fourth-order valence-electron chi connectivity index (χ4n) is 4.34. The Hall–Kier alpha value is -3.37. The van der Waals surface area contributed by atoms with Crippen LogP contribution in [0, 0.1) is 0 Å². The van der Waals surface area contributed by atoms with Crippen molar-refractivity contribution >= 4 is 33.8 Å². The van der Waals surface area contributed by atoms with Crippen molar-refractivity contribution in [2.75, 3.05) is 62.0 Å². The molecule has 4 heterocycles. The average molecular weight is 452 g/mol. The lowest BCUT2D eigenvalue weighted by molar-refractivity contribution is 0.0904. The number of piperazine rings is 1. The van der Waals surface area contributed by atoms with Gasteiger partial charge in [0.2, 0.25) is 5.88 Å². The number of nitrogens with zero attached hydrogens (tertiary/aromatic N) is 4. The maximum absolute atomic E-state index is 10.4. The standard InChI is InChI=1S/C23H29N7O3/c1-32-19-13-17(30-8-6-24-7-9-30)2-3-18(19)27-22-21-15(14-25-29-23(21)31)12-20(28-22)26-16-4-10-33-11-5-16/h2-3,12-14,16,24H,4-11H2,1H3,(H,29,31)(H2,26,27,28). The van der Waals surface area contributed by atoms with Crippen LogP contribution in [0.5, 0.6) is 11.6 Å². The first-order valence-corrected chi connectivity index (χ1v) is 11.3. The number of hydrogen-bond acceptors (Lipinski definition) is 10. The summed E-state index contributed by atoms with van der Waals surface area (Å²) in [5, 5.41) is 29.6. The summed E-state index contributed by atoms with van der Waals surface area (Å²) in [6.45, 7) is 5.30. The van der Waals surface area contributed by atoms with Gasteiger partial charge in [0.1, 0.15) is 17.4 Å². The van der Waals surface area contributed by atoms with E-state index in [1.807, 2.05) is 18.2 Å². The van der Waals surface area contributed by atoms with Crippen molar-refractivity contribution in [1.29, 1.82) is 0 Å². The lowest BCUT2D eigenvalue weighted by atomic mass is 10.1. The zero-order valence-electron chi connectivity index (χ0n) is 18.7. The second-order valence-corrected chi connectivity index (χ2v) is 8.27. The van der Waals surface area contributed by atoms with Crippen LogP contribution in [-0.4, -0.2) is 72.8 Å².